The van der Waals surface area contributed by atoms with Gasteiger partial charge in [-0.25, -0.2) is 0 Å². The first-order chi connectivity index (χ1) is 6.06. The molecule has 1 atom stereocenters. The molecule has 0 radical (unpaired) electrons. The first-order valence-electron chi connectivity index (χ1n) is 4.86. The van der Waals surface area contributed by atoms with Crippen LogP contribution in [0.5, 0.6) is 0 Å². The molecule has 74 valence electrons. The third-order valence-electron chi connectivity index (χ3n) is 2.58. The second kappa shape index (κ2) is 4.13. The average molecular weight is 181 g/mol. The van der Waals surface area contributed by atoms with Gasteiger partial charge in [0.15, 0.2) is 0 Å². The molecule has 0 bridgehead atoms. The van der Waals surface area contributed by atoms with Gasteiger partial charge in [0.2, 0.25) is 0 Å². The Kier molecular flexibility index (Phi) is 3.35. The van der Waals surface area contributed by atoms with Gasteiger partial charge in [-0.2, -0.15) is 0 Å². The number of morpholine rings is 1. The maximum absolute atomic E-state index is 5.61. The lowest BCUT2D eigenvalue weighted by Crippen LogP contribution is -2.55. The highest BCUT2D eigenvalue weighted by atomic mass is 16.5. The average Bonchev–Trinajstić information content (AvgIpc) is 2.07. The third kappa shape index (κ3) is 2.72. The quantitative estimate of drug-likeness (QED) is 0.599. The van der Waals surface area contributed by atoms with Crippen LogP contribution in [-0.2, 0) is 4.74 Å². The Morgan fingerprint density at radius 2 is 2.31 bits per heavy atom. The Balaban J connectivity index is 2.51. The minimum absolute atomic E-state index is 0.142. The zero-order chi connectivity index (χ0) is 9.90. The van der Waals surface area contributed by atoms with E-state index in [1.165, 1.54) is 0 Å². The number of hydrogen-bond donors (Lipinski definition) is 0. The van der Waals surface area contributed by atoms with E-state index in [9.17, 15) is 0 Å². The van der Waals surface area contributed by atoms with Crippen LogP contribution in [0.2, 0.25) is 0 Å². The van der Waals surface area contributed by atoms with Crippen molar-refractivity contribution in [2.75, 3.05) is 19.7 Å². The first kappa shape index (κ1) is 10.6. The SMILES string of the molecule is C#CCCN1CC(C)OCC1(C)C. The highest BCUT2D eigenvalue weighted by Gasteiger charge is 2.32. The fraction of sp³-hybridized carbons (Fsp3) is 0.818. The smallest absolute Gasteiger partial charge is 0.0675 e. The predicted molar refractivity (Wildman–Crippen MR) is 54.5 cm³/mol. The number of rotatable bonds is 2. The molecule has 1 rings (SSSR count). The number of terminal acetylenes is 1. The number of nitrogens with zero attached hydrogens (tertiary/aromatic N) is 1. The molecule has 0 saturated carbocycles. The molecule has 0 amide bonds. The number of ether oxygens (including phenoxy) is 1. The Morgan fingerprint density at radius 3 is 2.92 bits per heavy atom. The molecule has 13 heavy (non-hydrogen) atoms. The van der Waals surface area contributed by atoms with E-state index in [1.807, 2.05) is 0 Å². The molecule has 2 nitrogen and oxygen atoms in total. The van der Waals surface area contributed by atoms with E-state index in [4.69, 9.17) is 11.2 Å². The molecule has 0 aromatic heterocycles. The van der Waals surface area contributed by atoms with Crippen molar-refractivity contribution in [3.8, 4) is 12.3 Å². The van der Waals surface area contributed by atoms with Gasteiger partial charge in [-0.15, -0.1) is 12.3 Å². The molecular weight excluding hydrogens is 162 g/mol. The van der Waals surface area contributed by atoms with Crippen molar-refractivity contribution in [3.05, 3.63) is 0 Å². The number of hydrogen-bond acceptors (Lipinski definition) is 2. The normalized spacial score (nSPS) is 28.3. The summed E-state index contributed by atoms with van der Waals surface area (Å²) < 4.78 is 5.61. The van der Waals surface area contributed by atoms with Crippen LogP contribution in [0.4, 0.5) is 0 Å². The van der Waals surface area contributed by atoms with E-state index in [0.717, 1.165) is 26.1 Å². The Bertz CT molecular complexity index is 205. The molecule has 1 unspecified atom stereocenters. The van der Waals surface area contributed by atoms with Gasteiger partial charge in [0, 0.05) is 25.0 Å². The van der Waals surface area contributed by atoms with Gasteiger partial charge >= 0.3 is 0 Å². The van der Waals surface area contributed by atoms with E-state index < -0.39 is 0 Å². The van der Waals surface area contributed by atoms with Crippen LogP contribution in [0, 0.1) is 12.3 Å². The lowest BCUT2D eigenvalue weighted by atomic mass is 10.0. The van der Waals surface area contributed by atoms with Crippen LogP contribution in [0.25, 0.3) is 0 Å². The van der Waals surface area contributed by atoms with Crippen molar-refractivity contribution in [1.82, 2.24) is 4.90 Å². The molecule has 1 fully saturated rings. The van der Waals surface area contributed by atoms with Gasteiger partial charge in [0.1, 0.15) is 0 Å². The molecule has 0 aromatic rings. The summed E-state index contributed by atoms with van der Waals surface area (Å²) in [5, 5.41) is 0. The molecule has 0 spiro atoms. The lowest BCUT2D eigenvalue weighted by molar-refractivity contribution is -0.0902. The summed E-state index contributed by atoms with van der Waals surface area (Å²) in [6.07, 6.45) is 6.43. The molecule has 2 heteroatoms. The van der Waals surface area contributed by atoms with Crippen molar-refractivity contribution >= 4 is 0 Å². The Labute approximate surface area is 81.3 Å². The van der Waals surface area contributed by atoms with E-state index in [0.29, 0.717) is 6.10 Å². The highest BCUT2D eigenvalue weighted by Crippen LogP contribution is 2.21. The lowest BCUT2D eigenvalue weighted by Gasteiger charge is -2.44. The van der Waals surface area contributed by atoms with Crippen LogP contribution >= 0.6 is 0 Å². The highest BCUT2D eigenvalue weighted by molar-refractivity contribution is 4.91. The summed E-state index contributed by atoms with van der Waals surface area (Å²) in [5.41, 5.74) is 0.142. The summed E-state index contributed by atoms with van der Waals surface area (Å²) in [4.78, 5) is 2.42. The standard InChI is InChI=1S/C11H19NO/c1-5-6-7-12-8-10(2)13-9-11(12,3)4/h1,10H,6-9H2,2-4H3. The Morgan fingerprint density at radius 1 is 1.62 bits per heavy atom. The van der Waals surface area contributed by atoms with Crippen molar-refractivity contribution in [3.63, 3.8) is 0 Å². The maximum Gasteiger partial charge on any atom is 0.0675 e. The third-order valence-corrected chi connectivity index (χ3v) is 2.58. The van der Waals surface area contributed by atoms with Crippen LogP contribution < -0.4 is 0 Å². The summed E-state index contributed by atoms with van der Waals surface area (Å²) in [7, 11) is 0. The summed E-state index contributed by atoms with van der Waals surface area (Å²) in [5.74, 6) is 2.69. The molecule has 0 aliphatic carbocycles. The molecule has 1 aliphatic rings. The fourth-order valence-electron chi connectivity index (χ4n) is 1.64. The fourth-order valence-corrected chi connectivity index (χ4v) is 1.64. The molecular formula is C11H19NO. The van der Waals surface area contributed by atoms with Crippen molar-refractivity contribution in [1.29, 1.82) is 0 Å². The monoisotopic (exact) mass is 181 g/mol. The van der Waals surface area contributed by atoms with E-state index in [2.05, 4.69) is 31.6 Å². The second-order valence-electron chi connectivity index (χ2n) is 4.33. The first-order valence-corrected chi connectivity index (χ1v) is 4.86. The largest absolute Gasteiger partial charge is 0.375 e. The van der Waals surface area contributed by atoms with Crippen LogP contribution in [0.15, 0.2) is 0 Å². The van der Waals surface area contributed by atoms with Crippen LogP contribution in [-0.4, -0.2) is 36.2 Å². The van der Waals surface area contributed by atoms with Gasteiger partial charge in [0.25, 0.3) is 0 Å². The van der Waals surface area contributed by atoms with E-state index >= 15 is 0 Å². The summed E-state index contributed by atoms with van der Waals surface area (Å²) in [6.45, 7) is 9.30. The van der Waals surface area contributed by atoms with Crippen molar-refractivity contribution in [2.24, 2.45) is 0 Å². The summed E-state index contributed by atoms with van der Waals surface area (Å²) >= 11 is 0. The summed E-state index contributed by atoms with van der Waals surface area (Å²) in [6, 6.07) is 0. The van der Waals surface area contributed by atoms with E-state index in [1.54, 1.807) is 0 Å². The van der Waals surface area contributed by atoms with Gasteiger partial charge in [-0.1, -0.05) is 0 Å². The van der Waals surface area contributed by atoms with Crippen molar-refractivity contribution in [2.45, 2.75) is 38.8 Å². The molecule has 0 N–H and O–H groups in total. The van der Waals surface area contributed by atoms with Crippen LogP contribution in [0.1, 0.15) is 27.2 Å². The topological polar surface area (TPSA) is 12.5 Å². The molecule has 1 aliphatic heterocycles. The van der Waals surface area contributed by atoms with Gasteiger partial charge in [0.05, 0.1) is 12.7 Å². The van der Waals surface area contributed by atoms with Crippen LogP contribution in [0.3, 0.4) is 0 Å². The molecule has 0 aromatic carbocycles. The zero-order valence-electron chi connectivity index (χ0n) is 8.84. The predicted octanol–water partition coefficient (Wildman–Crippen LogP) is 1.51. The van der Waals surface area contributed by atoms with Gasteiger partial charge in [-0.05, 0) is 20.8 Å². The second-order valence-corrected chi connectivity index (χ2v) is 4.33. The van der Waals surface area contributed by atoms with Crippen molar-refractivity contribution < 1.29 is 4.74 Å². The zero-order valence-corrected chi connectivity index (χ0v) is 8.84. The molecule has 1 heterocycles. The minimum Gasteiger partial charge on any atom is -0.375 e. The van der Waals surface area contributed by atoms with Gasteiger partial charge in [-0.3, -0.25) is 4.90 Å². The Hall–Kier alpha value is -0.520. The maximum atomic E-state index is 5.61. The van der Waals surface area contributed by atoms with Gasteiger partial charge < -0.3 is 4.74 Å². The van der Waals surface area contributed by atoms with E-state index in [-0.39, 0.29) is 5.54 Å². The molecule has 1 saturated heterocycles. The minimum atomic E-state index is 0.142.